The molecule has 1 saturated carbocycles. The number of nitrogens with zero attached hydrogens (tertiary/aromatic N) is 3. The largest absolute Gasteiger partial charge is 0.465 e. The molecule has 35 heavy (non-hydrogen) atoms. The Balaban J connectivity index is 1.65. The molecule has 0 bridgehead atoms. The predicted octanol–water partition coefficient (Wildman–Crippen LogP) is 4.37. The minimum Gasteiger partial charge on any atom is -0.465 e. The molecule has 2 N–H and O–H groups in total. The molecule has 1 atom stereocenters. The van der Waals surface area contributed by atoms with Crippen LogP contribution in [0.15, 0.2) is 65.8 Å². The van der Waals surface area contributed by atoms with Crippen LogP contribution in [0.5, 0.6) is 0 Å². The van der Waals surface area contributed by atoms with Crippen LogP contribution in [0, 0.1) is 0 Å². The van der Waals surface area contributed by atoms with Crippen molar-refractivity contribution in [2.45, 2.75) is 42.0 Å². The van der Waals surface area contributed by atoms with Gasteiger partial charge in [0.1, 0.15) is 4.90 Å². The predicted molar refractivity (Wildman–Crippen MR) is 134 cm³/mol. The van der Waals surface area contributed by atoms with Crippen molar-refractivity contribution in [1.29, 1.82) is 0 Å². The van der Waals surface area contributed by atoms with Crippen molar-refractivity contribution in [3.8, 4) is 0 Å². The second-order valence-corrected chi connectivity index (χ2v) is 11.6. The average molecular weight is 517 g/mol. The number of nitrogens with one attached hydrogen (secondary N) is 1. The summed E-state index contributed by atoms with van der Waals surface area (Å²) in [6.07, 6.45) is 4.65. The fourth-order valence-electron chi connectivity index (χ4n) is 4.96. The number of carboxylic acid groups (broad SMARTS) is 1. The lowest BCUT2D eigenvalue weighted by atomic mass is 9.56. The van der Waals surface area contributed by atoms with Crippen LogP contribution in [0.25, 0.3) is 0 Å². The number of hydrogen-bond acceptors (Lipinski definition) is 4. The zero-order valence-electron chi connectivity index (χ0n) is 19.7. The minimum atomic E-state index is -3.69. The van der Waals surface area contributed by atoms with Gasteiger partial charge in [-0.1, -0.05) is 54.4 Å². The summed E-state index contributed by atoms with van der Waals surface area (Å²) in [5, 5.41) is 16.5. The minimum absolute atomic E-state index is 0.117. The maximum absolute atomic E-state index is 13.0. The van der Waals surface area contributed by atoms with Gasteiger partial charge in [-0.25, -0.2) is 13.2 Å². The molecule has 3 aromatic rings. The van der Waals surface area contributed by atoms with E-state index < -0.39 is 16.1 Å². The van der Waals surface area contributed by atoms with Gasteiger partial charge in [0.25, 0.3) is 0 Å². The van der Waals surface area contributed by atoms with Crippen LogP contribution in [0.1, 0.15) is 41.9 Å². The Hall–Kier alpha value is -2.88. The number of sulfonamides is 1. The number of hydrogen-bond donors (Lipinski definition) is 2. The lowest BCUT2D eigenvalue weighted by molar-refractivity contribution is 0.173. The van der Waals surface area contributed by atoms with Crippen molar-refractivity contribution in [3.05, 3.63) is 82.6 Å². The van der Waals surface area contributed by atoms with E-state index in [1.165, 1.54) is 21.4 Å². The molecule has 0 spiro atoms. The maximum Gasteiger partial charge on any atom is 0.404 e. The Morgan fingerprint density at radius 3 is 2.54 bits per heavy atom. The quantitative estimate of drug-likeness (QED) is 0.439. The lowest BCUT2D eigenvalue weighted by Gasteiger charge is -2.49. The summed E-state index contributed by atoms with van der Waals surface area (Å²) >= 11 is 6.12. The van der Waals surface area contributed by atoms with Crippen molar-refractivity contribution >= 4 is 27.7 Å². The van der Waals surface area contributed by atoms with Gasteiger partial charge in [0.15, 0.2) is 0 Å². The third-order valence-electron chi connectivity index (χ3n) is 6.94. The highest BCUT2D eigenvalue weighted by molar-refractivity contribution is 7.89. The third kappa shape index (κ3) is 5.22. The Morgan fingerprint density at radius 2 is 1.97 bits per heavy atom. The second-order valence-electron chi connectivity index (χ2n) is 9.11. The third-order valence-corrected chi connectivity index (χ3v) is 8.95. The van der Waals surface area contributed by atoms with Crippen LogP contribution in [0.4, 0.5) is 4.79 Å². The molecule has 1 heterocycles. The SMILES string of the molecule is CN(Cc1cccc(C(CNC(=O)O)C2(c3ccc(Cl)cc3)CCC2)c1)S(=O)(=O)c1cnn(C)c1. The van der Waals surface area contributed by atoms with Crippen molar-refractivity contribution < 1.29 is 18.3 Å². The molecule has 1 amide bonds. The first-order chi connectivity index (χ1) is 16.6. The second kappa shape index (κ2) is 10.0. The first-order valence-corrected chi connectivity index (χ1v) is 13.2. The summed E-state index contributed by atoms with van der Waals surface area (Å²) in [5.74, 6) is -0.117. The van der Waals surface area contributed by atoms with Crippen LogP contribution >= 0.6 is 11.6 Å². The number of amides is 1. The zero-order chi connectivity index (χ0) is 25.2. The van der Waals surface area contributed by atoms with E-state index in [-0.39, 0.29) is 29.3 Å². The number of rotatable bonds is 9. The smallest absolute Gasteiger partial charge is 0.404 e. The first-order valence-electron chi connectivity index (χ1n) is 11.4. The van der Waals surface area contributed by atoms with Crippen LogP contribution in [-0.4, -0.2) is 47.3 Å². The summed E-state index contributed by atoms with van der Waals surface area (Å²) < 4.78 is 28.7. The number of halogens is 1. The van der Waals surface area contributed by atoms with Gasteiger partial charge < -0.3 is 10.4 Å². The Bertz CT molecular complexity index is 1300. The van der Waals surface area contributed by atoms with E-state index in [2.05, 4.69) is 10.4 Å². The molecule has 2 aromatic carbocycles. The van der Waals surface area contributed by atoms with E-state index in [0.717, 1.165) is 36.0 Å². The van der Waals surface area contributed by atoms with E-state index in [9.17, 15) is 18.3 Å². The molecule has 1 aromatic heterocycles. The molecular weight excluding hydrogens is 488 g/mol. The fourth-order valence-corrected chi connectivity index (χ4v) is 6.23. The molecule has 0 aliphatic heterocycles. The van der Waals surface area contributed by atoms with Crippen LogP contribution in [-0.2, 0) is 29.0 Å². The highest BCUT2D eigenvalue weighted by Gasteiger charge is 2.46. The van der Waals surface area contributed by atoms with Crippen molar-refractivity contribution in [2.75, 3.05) is 13.6 Å². The zero-order valence-corrected chi connectivity index (χ0v) is 21.3. The van der Waals surface area contributed by atoms with Crippen molar-refractivity contribution in [2.24, 2.45) is 7.05 Å². The average Bonchev–Trinajstić information content (AvgIpc) is 3.23. The Labute approximate surface area is 210 Å². The highest BCUT2D eigenvalue weighted by Crippen LogP contribution is 2.53. The topological polar surface area (TPSA) is 105 Å². The highest BCUT2D eigenvalue weighted by atomic mass is 35.5. The molecule has 1 fully saturated rings. The van der Waals surface area contributed by atoms with Gasteiger partial charge in [-0.05, 0) is 41.7 Å². The van der Waals surface area contributed by atoms with E-state index in [1.807, 2.05) is 48.5 Å². The van der Waals surface area contributed by atoms with Crippen molar-refractivity contribution in [3.63, 3.8) is 0 Å². The normalized spacial score (nSPS) is 16.0. The van der Waals surface area contributed by atoms with E-state index in [1.54, 1.807) is 14.1 Å². The van der Waals surface area contributed by atoms with Gasteiger partial charge in [-0.2, -0.15) is 9.40 Å². The Kier molecular flexibility index (Phi) is 7.21. The monoisotopic (exact) mass is 516 g/mol. The van der Waals surface area contributed by atoms with Gasteiger partial charge in [-0.3, -0.25) is 4.68 Å². The number of carbonyl (C=O) groups is 1. The molecule has 8 nitrogen and oxygen atoms in total. The first kappa shape index (κ1) is 25.2. The molecule has 4 rings (SSSR count). The van der Waals surface area contributed by atoms with E-state index in [4.69, 9.17) is 11.6 Å². The molecule has 0 saturated heterocycles. The molecule has 10 heteroatoms. The van der Waals surface area contributed by atoms with Crippen LogP contribution in [0.3, 0.4) is 0 Å². The van der Waals surface area contributed by atoms with Gasteiger partial charge >= 0.3 is 6.09 Å². The lowest BCUT2D eigenvalue weighted by Crippen LogP contribution is -2.45. The molecule has 1 aliphatic carbocycles. The van der Waals surface area contributed by atoms with Gasteiger partial charge in [0.2, 0.25) is 10.0 Å². The molecular formula is C25H29ClN4O4S. The van der Waals surface area contributed by atoms with Gasteiger partial charge in [0, 0.05) is 49.7 Å². The summed E-state index contributed by atoms with van der Waals surface area (Å²) in [6.45, 7) is 0.434. The van der Waals surface area contributed by atoms with Crippen LogP contribution < -0.4 is 5.32 Å². The van der Waals surface area contributed by atoms with E-state index in [0.29, 0.717) is 5.02 Å². The fraction of sp³-hybridized carbons (Fsp3) is 0.360. The molecule has 1 aliphatic rings. The standard InChI is InChI=1S/C25H29ClN4O4S/c1-29-17-22(14-28-29)35(33,34)30(2)16-18-5-3-6-19(13-18)23(15-27-24(31)32)25(11-4-12-25)20-7-9-21(26)10-8-20/h3,5-10,13-14,17,23,27H,4,11-12,15-16H2,1-2H3,(H,31,32). The van der Waals surface area contributed by atoms with Crippen LogP contribution in [0.2, 0.25) is 5.02 Å². The number of benzene rings is 2. The van der Waals surface area contributed by atoms with Gasteiger partial charge in [-0.15, -0.1) is 0 Å². The number of aryl methyl sites for hydroxylation is 1. The number of aromatic nitrogens is 2. The Morgan fingerprint density at radius 1 is 1.26 bits per heavy atom. The maximum atomic E-state index is 13.0. The summed E-state index contributed by atoms with van der Waals surface area (Å²) in [6, 6.07) is 15.5. The molecule has 0 radical (unpaired) electrons. The molecule has 186 valence electrons. The van der Waals surface area contributed by atoms with E-state index >= 15 is 0 Å². The van der Waals surface area contributed by atoms with Crippen molar-refractivity contribution in [1.82, 2.24) is 19.4 Å². The summed E-state index contributed by atoms with van der Waals surface area (Å²) in [4.78, 5) is 11.5. The van der Waals surface area contributed by atoms with Gasteiger partial charge in [0.05, 0.1) is 6.20 Å². The molecule has 1 unspecified atom stereocenters. The summed E-state index contributed by atoms with van der Waals surface area (Å²) in [5.41, 5.74) is 2.70. The summed E-state index contributed by atoms with van der Waals surface area (Å²) in [7, 11) is -0.480.